The number of hydrogen-bond acceptors (Lipinski definition) is 3. The normalized spacial score (nSPS) is 21.4. The lowest BCUT2D eigenvalue weighted by Gasteiger charge is -2.00. The fourth-order valence-corrected chi connectivity index (χ4v) is 2.22. The Morgan fingerprint density at radius 2 is 2.53 bits per heavy atom. The third kappa shape index (κ3) is 2.90. The minimum absolute atomic E-state index is 0. The Balaban J connectivity index is 0.00000112. The van der Waals surface area contributed by atoms with Crippen LogP contribution < -0.4 is 10.1 Å². The van der Waals surface area contributed by atoms with Gasteiger partial charge in [-0.1, -0.05) is 0 Å². The molecule has 15 heavy (non-hydrogen) atoms. The molecule has 1 aromatic rings. The average molecular weight is 248 g/mol. The summed E-state index contributed by atoms with van der Waals surface area (Å²) in [5.74, 6) is 0.0881. The molecule has 1 atom stereocenters. The van der Waals surface area contributed by atoms with E-state index in [9.17, 15) is 4.79 Å². The van der Waals surface area contributed by atoms with Gasteiger partial charge >= 0.3 is 0 Å². The lowest BCUT2D eigenvalue weighted by atomic mass is 10.1. The molecule has 1 aliphatic heterocycles. The Kier molecular flexibility index (Phi) is 4.50. The molecule has 1 N–H and O–H groups in total. The highest BCUT2D eigenvalue weighted by Gasteiger charge is 2.21. The van der Waals surface area contributed by atoms with Gasteiger partial charge in [0.1, 0.15) is 0 Å². The van der Waals surface area contributed by atoms with Crippen LogP contribution in [-0.2, 0) is 11.8 Å². The van der Waals surface area contributed by atoms with Gasteiger partial charge in [0.15, 0.2) is 4.80 Å². The van der Waals surface area contributed by atoms with Gasteiger partial charge in [0.05, 0.1) is 5.92 Å². The second kappa shape index (κ2) is 5.44. The largest absolute Gasteiger partial charge is 0.327 e. The van der Waals surface area contributed by atoms with Gasteiger partial charge in [0, 0.05) is 25.2 Å². The zero-order valence-electron chi connectivity index (χ0n) is 8.47. The maximum absolute atomic E-state index is 11.7. The molecule has 0 bridgehead atoms. The summed E-state index contributed by atoms with van der Waals surface area (Å²) in [5, 5.41) is 5.09. The minimum Gasteiger partial charge on any atom is -0.327 e. The van der Waals surface area contributed by atoms with Gasteiger partial charge < -0.3 is 9.88 Å². The van der Waals surface area contributed by atoms with Gasteiger partial charge in [0.25, 0.3) is 5.91 Å². The van der Waals surface area contributed by atoms with E-state index in [1.807, 2.05) is 23.2 Å². The van der Waals surface area contributed by atoms with Crippen LogP contribution >= 0.6 is 23.7 Å². The van der Waals surface area contributed by atoms with Crippen molar-refractivity contribution in [3.05, 3.63) is 16.4 Å². The number of amides is 1. The highest BCUT2D eigenvalue weighted by molar-refractivity contribution is 7.07. The molecular formula is C9H14ClN3OS. The van der Waals surface area contributed by atoms with Crippen molar-refractivity contribution in [1.82, 2.24) is 9.88 Å². The van der Waals surface area contributed by atoms with Crippen LogP contribution in [0, 0.1) is 5.92 Å². The third-order valence-corrected chi connectivity index (χ3v) is 3.22. The van der Waals surface area contributed by atoms with Crippen LogP contribution in [0.2, 0.25) is 0 Å². The van der Waals surface area contributed by atoms with Crippen LogP contribution in [0.15, 0.2) is 16.6 Å². The second-order valence-corrected chi connectivity index (χ2v) is 4.31. The lowest BCUT2D eigenvalue weighted by molar-refractivity contribution is -0.121. The second-order valence-electron chi connectivity index (χ2n) is 3.44. The SMILES string of the molecule is Cl.Cn1ccsc1=NC(=O)[C@H]1CCNC1. The van der Waals surface area contributed by atoms with Gasteiger partial charge in [-0.05, 0) is 13.0 Å². The topological polar surface area (TPSA) is 46.4 Å². The predicted octanol–water partition coefficient (Wildman–Crippen LogP) is 0.545. The van der Waals surface area contributed by atoms with Crippen LogP contribution in [-0.4, -0.2) is 23.6 Å². The Bertz CT molecular complexity index is 392. The number of halogens is 1. The first-order valence-corrected chi connectivity index (χ1v) is 5.55. The monoisotopic (exact) mass is 247 g/mol. The van der Waals surface area contributed by atoms with E-state index in [0.29, 0.717) is 0 Å². The van der Waals surface area contributed by atoms with Crippen molar-refractivity contribution in [3.8, 4) is 0 Å². The van der Waals surface area contributed by atoms with Crippen molar-refractivity contribution < 1.29 is 4.79 Å². The van der Waals surface area contributed by atoms with E-state index in [0.717, 1.165) is 24.3 Å². The molecule has 0 radical (unpaired) electrons. The predicted molar refractivity (Wildman–Crippen MR) is 62.1 cm³/mol. The molecule has 0 unspecified atom stereocenters. The summed E-state index contributed by atoms with van der Waals surface area (Å²) in [4.78, 5) is 16.5. The highest BCUT2D eigenvalue weighted by atomic mass is 35.5. The van der Waals surface area contributed by atoms with Crippen molar-refractivity contribution in [2.24, 2.45) is 18.0 Å². The first-order valence-electron chi connectivity index (χ1n) is 4.67. The fourth-order valence-electron chi connectivity index (χ4n) is 1.49. The summed E-state index contributed by atoms with van der Waals surface area (Å²) < 4.78 is 1.87. The molecule has 1 aliphatic rings. The van der Waals surface area contributed by atoms with Gasteiger partial charge in [-0.25, -0.2) is 0 Å². The maximum atomic E-state index is 11.7. The Morgan fingerprint density at radius 1 is 1.73 bits per heavy atom. The lowest BCUT2D eigenvalue weighted by Crippen LogP contribution is -2.20. The zero-order valence-corrected chi connectivity index (χ0v) is 10.1. The molecule has 2 heterocycles. The van der Waals surface area contributed by atoms with Gasteiger partial charge in [-0.3, -0.25) is 4.79 Å². The van der Waals surface area contributed by atoms with E-state index in [2.05, 4.69) is 10.3 Å². The molecule has 2 rings (SSSR count). The molecule has 0 saturated carbocycles. The molecule has 1 amide bonds. The van der Waals surface area contributed by atoms with Crippen LogP contribution in [0.4, 0.5) is 0 Å². The van der Waals surface area contributed by atoms with Crippen molar-refractivity contribution in [2.75, 3.05) is 13.1 Å². The molecule has 84 valence electrons. The quantitative estimate of drug-likeness (QED) is 0.788. The number of nitrogens with zero attached hydrogens (tertiary/aromatic N) is 2. The molecular weight excluding hydrogens is 234 g/mol. The molecule has 4 nitrogen and oxygen atoms in total. The Hall–Kier alpha value is -0.650. The number of hydrogen-bond donors (Lipinski definition) is 1. The molecule has 0 aliphatic carbocycles. The summed E-state index contributed by atoms with van der Waals surface area (Å²) in [6.45, 7) is 1.71. The summed E-state index contributed by atoms with van der Waals surface area (Å²) in [6, 6.07) is 0. The summed E-state index contributed by atoms with van der Waals surface area (Å²) in [5.41, 5.74) is 0. The number of aromatic nitrogens is 1. The van der Waals surface area contributed by atoms with Crippen molar-refractivity contribution in [3.63, 3.8) is 0 Å². The molecule has 0 aromatic carbocycles. The van der Waals surface area contributed by atoms with Crippen molar-refractivity contribution in [2.45, 2.75) is 6.42 Å². The van der Waals surface area contributed by atoms with Crippen LogP contribution in [0.1, 0.15) is 6.42 Å². The molecule has 1 saturated heterocycles. The number of nitrogens with one attached hydrogen (secondary N) is 1. The Morgan fingerprint density at radius 3 is 3.07 bits per heavy atom. The summed E-state index contributed by atoms with van der Waals surface area (Å²) >= 11 is 1.49. The molecule has 1 aromatic heterocycles. The summed E-state index contributed by atoms with van der Waals surface area (Å²) in [7, 11) is 1.90. The molecule has 0 spiro atoms. The van der Waals surface area contributed by atoms with Crippen LogP contribution in [0.25, 0.3) is 0 Å². The number of carbonyl (C=O) groups is 1. The van der Waals surface area contributed by atoms with E-state index in [1.54, 1.807) is 0 Å². The third-order valence-electron chi connectivity index (χ3n) is 2.38. The first-order chi connectivity index (χ1) is 6.77. The van der Waals surface area contributed by atoms with E-state index in [1.165, 1.54) is 11.3 Å². The number of aryl methyl sites for hydroxylation is 1. The van der Waals surface area contributed by atoms with Gasteiger partial charge in [-0.2, -0.15) is 4.99 Å². The van der Waals surface area contributed by atoms with E-state index >= 15 is 0 Å². The fraction of sp³-hybridized carbons (Fsp3) is 0.556. The molecule has 1 fully saturated rings. The number of rotatable bonds is 1. The standard InChI is InChI=1S/C9H13N3OS.ClH/c1-12-4-5-14-9(12)11-8(13)7-2-3-10-6-7;/h4-5,7,10H,2-3,6H2,1H3;1H/t7-;/m0./s1. The van der Waals surface area contributed by atoms with Crippen LogP contribution in [0.3, 0.4) is 0 Å². The van der Waals surface area contributed by atoms with E-state index in [4.69, 9.17) is 0 Å². The maximum Gasteiger partial charge on any atom is 0.252 e. The van der Waals surface area contributed by atoms with Gasteiger partial charge in [-0.15, -0.1) is 23.7 Å². The smallest absolute Gasteiger partial charge is 0.252 e. The first kappa shape index (κ1) is 12.4. The van der Waals surface area contributed by atoms with Crippen molar-refractivity contribution in [1.29, 1.82) is 0 Å². The number of carbonyl (C=O) groups excluding carboxylic acids is 1. The van der Waals surface area contributed by atoms with Crippen LogP contribution in [0.5, 0.6) is 0 Å². The van der Waals surface area contributed by atoms with Gasteiger partial charge in [0.2, 0.25) is 0 Å². The van der Waals surface area contributed by atoms with Crippen molar-refractivity contribution >= 4 is 29.7 Å². The number of thiazole rings is 1. The average Bonchev–Trinajstić information content (AvgIpc) is 2.77. The highest BCUT2D eigenvalue weighted by Crippen LogP contribution is 2.08. The Labute approximate surface area is 98.4 Å². The molecule has 6 heteroatoms. The van der Waals surface area contributed by atoms with E-state index in [-0.39, 0.29) is 24.2 Å². The minimum atomic E-state index is 0. The zero-order chi connectivity index (χ0) is 9.97. The summed E-state index contributed by atoms with van der Waals surface area (Å²) in [6.07, 6.45) is 2.82. The van der Waals surface area contributed by atoms with E-state index < -0.39 is 0 Å².